The molecule has 0 rings (SSSR count). The zero-order chi connectivity index (χ0) is 8.91. The van der Waals surface area contributed by atoms with Crippen LogP contribution in [0.5, 0.6) is 0 Å². The van der Waals surface area contributed by atoms with Gasteiger partial charge in [-0.15, -0.1) is 0 Å². The van der Waals surface area contributed by atoms with E-state index in [9.17, 15) is 10.2 Å². The summed E-state index contributed by atoms with van der Waals surface area (Å²) in [4.78, 5) is 0. The summed E-state index contributed by atoms with van der Waals surface area (Å²) in [5.41, 5.74) is -0.643. The molecule has 0 aliphatic rings. The van der Waals surface area contributed by atoms with E-state index in [1.165, 1.54) is 0 Å². The van der Waals surface area contributed by atoms with Crippen LogP contribution in [0.1, 0.15) is 46.5 Å². The van der Waals surface area contributed by atoms with Crippen LogP contribution in [-0.4, -0.2) is 21.9 Å². The third-order valence-electron chi connectivity index (χ3n) is 2.40. The maximum atomic E-state index is 9.77. The number of rotatable bonds is 5. The first-order valence-electron chi connectivity index (χ1n) is 4.48. The van der Waals surface area contributed by atoms with Gasteiger partial charge in [-0.3, -0.25) is 0 Å². The molecule has 1 atom stereocenters. The summed E-state index contributed by atoms with van der Waals surface area (Å²) in [6.45, 7) is 5.83. The maximum absolute atomic E-state index is 9.77. The van der Waals surface area contributed by atoms with Crippen LogP contribution >= 0.6 is 0 Å². The summed E-state index contributed by atoms with van der Waals surface area (Å²) in [5.74, 6) is 0. The minimum absolute atomic E-state index is 0.347. The van der Waals surface area contributed by atoms with Gasteiger partial charge in [0.1, 0.15) is 0 Å². The third-order valence-corrected chi connectivity index (χ3v) is 2.40. The highest BCUT2D eigenvalue weighted by Crippen LogP contribution is 2.21. The second kappa shape index (κ2) is 4.73. The molecule has 2 N–H and O–H groups in total. The molecule has 0 saturated carbocycles. The molecule has 11 heavy (non-hydrogen) atoms. The number of aliphatic hydroxyl groups excluding tert-OH is 1. The first kappa shape index (κ1) is 10.9. The third kappa shape index (κ3) is 3.73. The number of aliphatic hydroxyl groups is 2. The first-order chi connectivity index (χ1) is 5.08. The second-order valence-electron chi connectivity index (χ2n) is 3.20. The number of hydrogen-bond acceptors (Lipinski definition) is 2. The zero-order valence-electron chi connectivity index (χ0n) is 7.80. The van der Waals surface area contributed by atoms with Gasteiger partial charge in [-0.2, -0.15) is 0 Å². The van der Waals surface area contributed by atoms with Gasteiger partial charge in [0.2, 0.25) is 0 Å². The molecule has 0 aromatic heterocycles. The Morgan fingerprint density at radius 1 is 1.18 bits per heavy atom. The minimum Gasteiger partial charge on any atom is -0.393 e. The Hall–Kier alpha value is -0.0800. The SMILES string of the molecule is CCC(O)CC(O)(CC)CC. The molecule has 0 saturated heterocycles. The lowest BCUT2D eigenvalue weighted by atomic mass is 9.90. The van der Waals surface area contributed by atoms with Gasteiger partial charge < -0.3 is 10.2 Å². The lowest BCUT2D eigenvalue weighted by Crippen LogP contribution is -2.31. The van der Waals surface area contributed by atoms with Crippen LogP contribution < -0.4 is 0 Å². The van der Waals surface area contributed by atoms with Crippen molar-refractivity contribution < 1.29 is 10.2 Å². The molecule has 0 aromatic carbocycles. The van der Waals surface area contributed by atoms with Crippen LogP contribution in [0.25, 0.3) is 0 Å². The van der Waals surface area contributed by atoms with Gasteiger partial charge in [0.25, 0.3) is 0 Å². The first-order valence-corrected chi connectivity index (χ1v) is 4.48. The molecule has 0 radical (unpaired) electrons. The average molecular weight is 160 g/mol. The van der Waals surface area contributed by atoms with E-state index in [0.29, 0.717) is 6.42 Å². The molecule has 0 bridgehead atoms. The van der Waals surface area contributed by atoms with Gasteiger partial charge in [0.15, 0.2) is 0 Å². The highest BCUT2D eigenvalue weighted by molar-refractivity contribution is 4.77. The summed E-state index contributed by atoms with van der Waals surface area (Å²) in [7, 11) is 0. The van der Waals surface area contributed by atoms with Crippen LogP contribution in [0.15, 0.2) is 0 Å². The Labute approximate surface area is 69.2 Å². The van der Waals surface area contributed by atoms with Crippen molar-refractivity contribution in [2.45, 2.75) is 58.2 Å². The van der Waals surface area contributed by atoms with Gasteiger partial charge in [-0.25, -0.2) is 0 Å². The predicted octanol–water partition coefficient (Wildman–Crippen LogP) is 1.70. The quantitative estimate of drug-likeness (QED) is 0.642. The molecule has 0 heterocycles. The molecule has 0 aromatic rings. The van der Waals surface area contributed by atoms with Crippen molar-refractivity contribution in [1.29, 1.82) is 0 Å². The van der Waals surface area contributed by atoms with E-state index in [0.717, 1.165) is 19.3 Å². The molecule has 0 spiro atoms. The molecule has 1 unspecified atom stereocenters. The van der Waals surface area contributed by atoms with Crippen molar-refractivity contribution in [2.75, 3.05) is 0 Å². The normalized spacial score (nSPS) is 15.0. The second-order valence-corrected chi connectivity index (χ2v) is 3.20. The predicted molar refractivity (Wildman–Crippen MR) is 46.4 cm³/mol. The van der Waals surface area contributed by atoms with Gasteiger partial charge in [0, 0.05) is 6.42 Å². The van der Waals surface area contributed by atoms with E-state index < -0.39 is 5.60 Å². The topological polar surface area (TPSA) is 40.5 Å². The van der Waals surface area contributed by atoms with Crippen LogP contribution in [0.3, 0.4) is 0 Å². The fourth-order valence-corrected chi connectivity index (χ4v) is 1.12. The summed E-state index contributed by atoms with van der Waals surface area (Å²) < 4.78 is 0. The maximum Gasteiger partial charge on any atom is 0.0667 e. The smallest absolute Gasteiger partial charge is 0.0667 e. The largest absolute Gasteiger partial charge is 0.393 e. The molecular formula is C9H20O2. The molecule has 0 amide bonds. The van der Waals surface area contributed by atoms with Crippen molar-refractivity contribution in [3.05, 3.63) is 0 Å². The molecule has 2 heteroatoms. The highest BCUT2D eigenvalue weighted by atomic mass is 16.3. The Bertz CT molecular complexity index is 97.7. The molecule has 0 fully saturated rings. The van der Waals surface area contributed by atoms with Gasteiger partial charge in [-0.05, 0) is 19.3 Å². The Morgan fingerprint density at radius 2 is 1.64 bits per heavy atom. The van der Waals surface area contributed by atoms with Crippen molar-refractivity contribution in [1.82, 2.24) is 0 Å². The summed E-state index contributed by atoms with van der Waals surface area (Å²) in [5, 5.41) is 19.1. The summed E-state index contributed by atoms with van der Waals surface area (Å²) in [6, 6.07) is 0. The van der Waals surface area contributed by atoms with E-state index >= 15 is 0 Å². The van der Waals surface area contributed by atoms with Gasteiger partial charge in [0.05, 0.1) is 11.7 Å². The van der Waals surface area contributed by atoms with E-state index in [2.05, 4.69) is 0 Å². The molecule has 0 aliphatic carbocycles. The highest BCUT2D eigenvalue weighted by Gasteiger charge is 2.24. The zero-order valence-corrected chi connectivity index (χ0v) is 7.80. The van der Waals surface area contributed by atoms with E-state index in [1.54, 1.807) is 0 Å². The Kier molecular flexibility index (Phi) is 4.69. The fraction of sp³-hybridized carbons (Fsp3) is 1.00. The summed E-state index contributed by atoms with van der Waals surface area (Å²) >= 11 is 0. The lowest BCUT2D eigenvalue weighted by molar-refractivity contribution is -0.0174. The number of hydrogen-bond donors (Lipinski definition) is 2. The molecular weight excluding hydrogens is 140 g/mol. The van der Waals surface area contributed by atoms with E-state index in [-0.39, 0.29) is 6.10 Å². The van der Waals surface area contributed by atoms with Crippen molar-refractivity contribution >= 4 is 0 Å². The molecule has 68 valence electrons. The van der Waals surface area contributed by atoms with Gasteiger partial charge >= 0.3 is 0 Å². The molecule has 2 nitrogen and oxygen atoms in total. The van der Waals surface area contributed by atoms with Crippen LogP contribution in [0.2, 0.25) is 0 Å². The minimum atomic E-state index is -0.643. The van der Waals surface area contributed by atoms with Crippen molar-refractivity contribution in [3.8, 4) is 0 Å². The Balaban J connectivity index is 3.86. The molecule has 0 aliphatic heterocycles. The van der Waals surface area contributed by atoms with Crippen LogP contribution in [0, 0.1) is 0 Å². The monoisotopic (exact) mass is 160 g/mol. The van der Waals surface area contributed by atoms with Crippen molar-refractivity contribution in [3.63, 3.8) is 0 Å². The summed E-state index contributed by atoms with van der Waals surface area (Å²) in [6.07, 6.45) is 2.33. The van der Waals surface area contributed by atoms with Crippen LogP contribution in [-0.2, 0) is 0 Å². The van der Waals surface area contributed by atoms with Crippen LogP contribution in [0.4, 0.5) is 0 Å². The van der Waals surface area contributed by atoms with Gasteiger partial charge in [-0.1, -0.05) is 20.8 Å². The van der Waals surface area contributed by atoms with Crippen molar-refractivity contribution in [2.24, 2.45) is 0 Å². The average Bonchev–Trinajstić information content (AvgIpc) is 2.04. The lowest BCUT2D eigenvalue weighted by Gasteiger charge is -2.27. The standard InChI is InChI=1S/C9H20O2/c1-4-8(10)7-9(11,5-2)6-3/h8,10-11H,4-7H2,1-3H3. The Morgan fingerprint density at radius 3 is 1.91 bits per heavy atom. The fourth-order valence-electron chi connectivity index (χ4n) is 1.12. The van der Waals surface area contributed by atoms with E-state index in [1.807, 2.05) is 20.8 Å². The van der Waals surface area contributed by atoms with E-state index in [4.69, 9.17) is 0 Å².